The molecule has 0 radical (unpaired) electrons. The van der Waals surface area contributed by atoms with E-state index in [2.05, 4.69) is 0 Å². The van der Waals surface area contributed by atoms with Crippen LogP contribution >= 0.6 is 0 Å². The van der Waals surface area contributed by atoms with Gasteiger partial charge in [0.2, 0.25) is 15.8 Å². The Bertz CT molecular complexity index is 1400. The Balaban J connectivity index is 1.48. The van der Waals surface area contributed by atoms with Gasteiger partial charge < -0.3 is 14.0 Å². The van der Waals surface area contributed by atoms with Crippen LogP contribution in [0, 0.1) is 13.8 Å². The van der Waals surface area contributed by atoms with Crippen molar-refractivity contribution >= 4 is 21.8 Å². The summed E-state index contributed by atoms with van der Waals surface area (Å²) in [7, 11) is -2.47. The molecular formula is C29H34N2O6S. The average molecular weight is 539 g/mol. The predicted molar refractivity (Wildman–Crippen MR) is 144 cm³/mol. The highest BCUT2D eigenvalue weighted by atomic mass is 32.2. The van der Waals surface area contributed by atoms with Gasteiger partial charge in [-0.3, -0.25) is 4.79 Å². The predicted octanol–water partition coefficient (Wildman–Crippen LogP) is 4.77. The number of carbonyl (C=O) groups is 2. The van der Waals surface area contributed by atoms with Gasteiger partial charge in [-0.05, 0) is 56.5 Å². The number of hydrogen-bond acceptors (Lipinski definition) is 6. The lowest BCUT2D eigenvalue weighted by molar-refractivity contribution is 0.0474. The molecule has 8 nitrogen and oxygen atoms in total. The fourth-order valence-electron chi connectivity index (χ4n) is 4.81. The molecular weight excluding hydrogens is 504 g/mol. The van der Waals surface area contributed by atoms with Crippen LogP contribution in [0.25, 0.3) is 0 Å². The molecule has 0 bridgehead atoms. The number of rotatable bonds is 9. The van der Waals surface area contributed by atoms with Crippen molar-refractivity contribution in [1.29, 1.82) is 0 Å². The first-order valence-corrected chi connectivity index (χ1v) is 14.3. The molecule has 0 spiro atoms. The van der Waals surface area contributed by atoms with Gasteiger partial charge in [-0.25, -0.2) is 13.2 Å². The zero-order valence-corrected chi connectivity index (χ0v) is 22.9. The summed E-state index contributed by atoms with van der Waals surface area (Å²) >= 11 is 0. The molecule has 38 heavy (non-hydrogen) atoms. The van der Waals surface area contributed by atoms with Crippen LogP contribution < -0.4 is 4.74 Å². The lowest BCUT2D eigenvalue weighted by Crippen LogP contribution is -2.32. The summed E-state index contributed by atoms with van der Waals surface area (Å²) < 4.78 is 40.9. The summed E-state index contributed by atoms with van der Waals surface area (Å²) in [4.78, 5) is 25.8. The summed E-state index contributed by atoms with van der Waals surface area (Å²) in [5.74, 6) is -0.934. The minimum Gasteiger partial charge on any atom is -0.495 e. The second-order valence-corrected chi connectivity index (χ2v) is 11.4. The van der Waals surface area contributed by atoms with Crippen molar-refractivity contribution in [2.45, 2.75) is 51.0 Å². The molecule has 0 aliphatic carbocycles. The van der Waals surface area contributed by atoms with Crippen LogP contribution in [0.15, 0.2) is 59.5 Å². The molecule has 1 aromatic heterocycles. The number of Topliss-reactive ketones (excluding diaryl/α,β-unsaturated/α-hetero) is 1. The molecule has 0 unspecified atom stereocenters. The maximum absolute atomic E-state index is 13.4. The molecule has 2 aromatic carbocycles. The second-order valence-electron chi connectivity index (χ2n) is 9.54. The summed E-state index contributed by atoms with van der Waals surface area (Å²) in [5, 5.41) is 0. The maximum atomic E-state index is 13.4. The molecule has 2 heterocycles. The standard InChI is InChI=1S/C29H34N2O6S/c1-21-17-25(22(2)31(21)19-23-11-7-6-8-12-23)26(32)20-37-29(33)24-13-14-27(36-3)28(18-24)38(34,35)30-15-9-4-5-10-16-30/h6-8,11-14,17-18H,4-5,9-10,15-16,19-20H2,1-3H3. The Morgan fingerprint density at radius 3 is 2.26 bits per heavy atom. The largest absolute Gasteiger partial charge is 0.495 e. The van der Waals surface area contributed by atoms with E-state index in [0.29, 0.717) is 25.2 Å². The molecule has 9 heteroatoms. The molecule has 0 N–H and O–H groups in total. The third kappa shape index (κ3) is 6.00. The first-order chi connectivity index (χ1) is 18.2. The van der Waals surface area contributed by atoms with Gasteiger partial charge >= 0.3 is 5.97 Å². The highest BCUT2D eigenvalue weighted by Gasteiger charge is 2.29. The molecule has 202 valence electrons. The van der Waals surface area contributed by atoms with Crippen LogP contribution in [0.4, 0.5) is 0 Å². The van der Waals surface area contributed by atoms with Crippen molar-refractivity contribution < 1.29 is 27.5 Å². The third-order valence-electron chi connectivity index (χ3n) is 6.97. The Morgan fingerprint density at radius 1 is 0.921 bits per heavy atom. The molecule has 1 aliphatic rings. The average Bonchev–Trinajstić information content (AvgIpc) is 3.10. The van der Waals surface area contributed by atoms with Crippen molar-refractivity contribution in [2.24, 2.45) is 0 Å². The van der Waals surface area contributed by atoms with Crippen molar-refractivity contribution in [3.63, 3.8) is 0 Å². The quantitative estimate of drug-likeness (QED) is 0.288. The topological polar surface area (TPSA) is 94.9 Å². The van der Waals surface area contributed by atoms with Gasteiger partial charge in [0.15, 0.2) is 6.61 Å². The number of aryl methyl sites for hydroxylation is 1. The monoisotopic (exact) mass is 538 g/mol. The van der Waals surface area contributed by atoms with E-state index in [-0.39, 0.29) is 22.0 Å². The second kappa shape index (κ2) is 12.0. The first-order valence-electron chi connectivity index (χ1n) is 12.8. The third-order valence-corrected chi connectivity index (χ3v) is 8.89. The van der Waals surface area contributed by atoms with Crippen LogP contribution in [0.1, 0.15) is 63.4 Å². The van der Waals surface area contributed by atoms with E-state index in [1.165, 1.54) is 29.6 Å². The fraction of sp³-hybridized carbons (Fsp3) is 0.379. The van der Waals surface area contributed by atoms with E-state index in [0.717, 1.165) is 42.6 Å². The van der Waals surface area contributed by atoms with E-state index in [9.17, 15) is 18.0 Å². The van der Waals surface area contributed by atoms with Crippen LogP contribution in [0.5, 0.6) is 5.75 Å². The molecule has 0 saturated carbocycles. The van der Waals surface area contributed by atoms with E-state index < -0.39 is 22.6 Å². The van der Waals surface area contributed by atoms with Gasteiger partial charge in [0.1, 0.15) is 10.6 Å². The lowest BCUT2D eigenvalue weighted by atomic mass is 10.1. The first kappa shape index (κ1) is 27.6. The molecule has 1 fully saturated rings. The van der Waals surface area contributed by atoms with Crippen molar-refractivity contribution in [3.8, 4) is 5.75 Å². The van der Waals surface area contributed by atoms with Crippen molar-refractivity contribution in [1.82, 2.24) is 8.87 Å². The molecule has 4 rings (SSSR count). The van der Waals surface area contributed by atoms with E-state index in [1.807, 2.05) is 48.7 Å². The Hall–Kier alpha value is -3.43. The minimum absolute atomic E-state index is 0.0431. The maximum Gasteiger partial charge on any atom is 0.338 e. The van der Waals surface area contributed by atoms with Gasteiger partial charge in [0.05, 0.1) is 12.7 Å². The number of ketones is 1. The zero-order valence-electron chi connectivity index (χ0n) is 22.1. The number of benzene rings is 2. The Morgan fingerprint density at radius 2 is 1.61 bits per heavy atom. The molecule has 1 aliphatic heterocycles. The summed E-state index contributed by atoms with van der Waals surface area (Å²) in [6.45, 7) is 4.84. The molecule has 0 amide bonds. The van der Waals surface area contributed by atoms with Gasteiger partial charge in [0, 0.05) is 36.6 Å². The number of hydrogen-bond donors (Lipinski definition) is 0. The van der Waals surface area contributed by atoms with Crippen LogP contribution in [-0.2, 0) is 21.3 Å². The lowest BCUT2D eigenvalue weighted by Gasteiger charge is -2.21. The van der Waals surface area contributed by atoms with E-state index in [4.69, 9.17) is 9.47 Å². The van der Waals surface area contributed by atoms with Gasteiger partial charge in [0.25, 0.3) is 0 Å². The smallest absolute Gasteiger partial charge is 0.338 e. The Kier molecular flexibility index (Phi) is 8.69. The fourth-order valence-corrected chi connectivity index (χ4v) is 6.51. The number of carbonyl (C=O) groups excluding carboxylic acids is 2. The van der Waals surface area contributed by atoms with Crippen LogP contribution in [0.3, 0.4) is 0 Å². The van der Waals surface area contributed by atoms with Gasteiger partial charge in [-0.2, -0.15) is 4.31 Å². The molecule has 3 aromatic rings. The zero-order chi connectivity index (χ0) is 27.3. The highest BCUT2D eigenvalue weighted by Crippen LogP contribution is 2.30. The summed E-state index contributed by atoms with van der Waals surface area (Å²) in [5.41, 5.74) is 3.37. The number of esters is 1. The highest BCUT2D eigenvalue weighted by molar-refractivity contribution is 7.89. The van der Waals surface area contributed by atoms with Crippen LogP contribution in [0.2, 0.25) is 0 Å². The normalized spacial score (nSPS) is 14.6. The summed E-state index contributed by atoms with van der Waals surface area (Å²) in [6.07, 6.45) is 3.55. The minimum atomic E-state index is -3.86. The number of ether oxygens (including phenoxy) is 2. The van der Waals surface area contributed by atoms with Gasteiger partial charge in [-0.1, -0.05) is 43.2 Å². The molecule has 1 saturated heterocycles. The van der Waals surface area contributed by atoms with Crippen molar-refractivity contribution in [3.05, 3.63) is 82.7 Å². The Labute approximate surface area is 224 Å². The number of aromatic nitrogens is 1. The van der Waals surface area contributed by atoms with Crippen LogP contribution in [-0.4, -0.2) is 55.8 Å². The van der Waals surface area contributed by atoms with Crippen molar-refractivity contribution in [2.75, 3.05) is 26.8 Å². The number of sulfonamides is 1. The van der Waals surface area contributed by atoms with E-state index in [1.54, 1.807) is 6.07 Å². The summed E-state index contributed by atoms with van der Waals surface area (Å²) in [6, 6.07) is 15.9. The number of nitrogens with zero attached hydrogens (tertiary/aromatic N) is 2. The van der Waals surface area contributed by atoms with Gasteiger partial charge in [-0.15, -0.1) is 0 Å². The molecule has 0 atom stereocenters. The SMILES string of the molecule is COc1ccc(C(=O)OCC(=O)c2cc(C)n(Cc3ccccc3)c2C)cc1S(=O)(=O)N1CCCCCC1. The number of methoxy groups -OCH3 is 1. The van der Waals surface area contributed by atoms with E-state index >= 15 is 0 Å².